The second-order valence-electron chi connectivity index (χ2n) is 7.96. The fourth-order valence-corrected chi connectivity index (χ4v) is 4.41. The molecule has 0 amide bonds. The van der Waals surface area contributed by atoms with Crippen LogP contribution in [0.15, 0.2) is 41.6 Å². The number of rotatable bonds is 3. The number of halogens is 2. The van der Waals surface area contributed by atoms with Crippen LogP contribution >= 0.6 is 0 Å². The Morgan fingerprint density at radius 2 is 1.87 bits per heavy atom. The third-order valence-electron chi connectivity index (χ3n) is 6.02. The Morgan fingerprint density at radius 3 is 2.58 bits per heavy atom. The molecule has 0 saturated carbocycles. The zero-order valence-corrected chi connectivity index (χ0v) is 17.5. The molecule has 160 valence electrons. The summed E-state index contributed by atoms with van der Waals surface area (Å²) in [6.07, 6.45) is 4.15. The number of aryl methyl sites for hydroxylation is 4. The van der Waals surface area contributed by atoms with Gasteiger partial charge in [0.2, 0.25) is 0 Å². The molecular formula is C22H22F2N6O. The van der Waals surface area contributed by atoms with Crippen LogP contribution in [0.2, 0.25) is 0 Å². The van der Waals surface area contributed by atoms with Gasteiger partial charge >= 0.3 is 5.69 Å². The Morgan fingerprint density at radius 1 is 1.06 bits per heavy atom. The quantitative estimate of drug-likeness (QED) is 0.503. The molecule has 0 fully saturated rings. The van der Waals surface area contributed by atoms with Crippen molar-refractivity contribution in [3.8, 4) is 11.1 Å². The van der Waals surface area contributed by atoms with Crippen molar-refractivity contribution in [3.63, 3.8) is 0 Å². The van der Waals surface area contributed by atoms with Gasteiger partial charge in [-0.2, -0.15) is 5.10 Å². The number of aromatic nitrogens is 5. The Hall–Kier alpha value is -3.49. The monoisotopic (exact) mass is 424 g/mol. The largest absolute Gasteiger partial charge is 0.340 e. The first-order valence-corrected chi connectivity index (χ1v) is 10.1. The maximum Gasteiger partial charge on any atom is 0.329 e. The van der Waals surface area contributed by atoms with Crippen molar-refractivity contribution in [3.05, 3.63) is 58.4 Å². The van der Waals surface area contributed by atoms with Gasteiger partial charge in [-0.05, 0) is 42.2 Å². The van der Waals surface area contributed by atoms with Crippen LogP contribution in [0, 0.1) is 0 Å². The Kier molecular flexibility index (Phi) is 4.42. The van der Waals surface area contributed by atoms with E-state index < -0.39 is 6.43 Å². The number of hydrogen-bond donors (Lipinski definition) is 0. The van der Waals surface area contributed by atoms with Crippen LogP contribution in [0.25, 0.3) is 22.3 Å². The number of hydrogen-bond acceptors (Lipinski definition) is 4. The molecule has 1 aromatic carbocycles. The van der Waals surface area contributed by atoms with E-state index in [0.717, 1.165) is 29.8 Å². The average molecular weight is 424 g/mol. The van der Waals surface area contributed by atoms with Gasteiger partial charge in [-0.1, -0.05) is 0 Å². The molecule has 0 spiro atoms. The Balaban J connectivity index is 1.66. The molecule has 0 bridgehead atoms. The number of pyridine rings is 1. The highest BCUT2D eigenvalue weighted by atomic mass is 19.3. The zero-order valence-electron chi connectivity index (χ0n) is 17.5. The minimum atomic E-state index is -2.61. The zero-order chi connectivity index (χ0) is 21.9. The van der Waals surface area contributed by atoms with Crippen LogP contribution in [0.1, 0.15) is 24.0 Å². The average Bonchev–Trinajstić information content (AvgIpc) is 3.29. The molecule has 4 aromatic rings. The van der Waals surface area contributed by atoms with E-state index >= 15 is 0 Å². The predicted molar refractivity (Wildman–Crippen MR) is 115 cm³/mol. The summed E-state index contributed by atoms with van der Waals surface area (Å²) < 4.78 is 32.7. The van der Waals surface area contributed by atoms with E-state index in [4.69, 9.17) is 0 Å². The van der Waals surface area contributed by atoms with Gasteiger partial charge in [-0.3, -0.25) is 13.8 Å². The molecular weight excluding hydrogens is 402 g/mol. The maximum absolute atomic E-state index is 14.0. The van der Waals surface area contributed by atoms with Crippen LogP contribution in [0.4, 0.5) is 20.2 Å². The maximum atomic E-state index is 14.0. The number of benzene rings is 1. The highest BCUT2D eigenvalue weighted by Gasteiger charge is 2.25. The minimum Gasteiger partial charge on any atom is -0.340 e. The van der Waals surface area contributed by atoms with E-state index in [0.29, 0.717) is 28.8 Å². The van der Waals surface area contributed by atoms with Crippen molar-refractivity contribution in [1.82, 2.24) is 23.9 Å². The van der Waals surface area contributed by atoms with E-state index in [-0.39, 0.29) is 11.3 Å². The minimum absolute atomic E-state index is 0.0141. The first-order valence-electron chi connectivity index (χ1n) is 10.1. The Labute approximate surface area is 177 Å². The van der Waals surface area contributed by atoms with E-state index in [9.17, 15) is 13.6 Å². The molecule has 0 N–H and O–H groups in total. The fourth-order valence-electron chi connectivity index (χ4n) is 4.41. The van der Waals surface area contributed by atoms with Gasteiger partial charge in [-0.25, -0.2) is 18.6 Å². The summed E-state index contributed by atoms with van der Waals surface area (Å²) in [7, 11) is 5.16. The molecule has 31 heavy (non-hydrogen) atoms. The third kappa shape index (κ3) is 3.03. The summed E-state index contributed by atoms with van der Waals surface area (Å²) in [5.74, 6) is 0. The van der Waals surface area contributed by atoms with Crippen LogP contribution in [-0.4, -0.2) is 30.4 Å². The molecule has 9 heteroatoms. The molecule has 5 rings (SSSR count). The van der Waals surface area contributed by atoms with Gasteiger partial charge in [-0.15, -0.1) is 0 Å². The number of anilines is 2. The van der Waals surface area contributed by atoms with Gasteiger partial charge in [0.1, 0.15) is 0 Å². The van der Waals surface area contributed by atoms with Crippen LogP contribution < -0.4 is 10.6 Å². The molecule has 3 aromatic heterocycles. The van der Waals surface area contributed by atoms with Crippen molar-refractivity contribution in [2.75, 3.05) is 11.4 Å². The summed E-state index contributed by atoms with van der Waals surface area (Å²) in [5, 5.41) is 4.14. The first-order chi connectivity index (χ1) is 14.8. The van der Waals surface area contributed by atoms with E-state index in [1.54, 1.807) is 55.0 Å². The lowest BCUT2D eigenvalue weighted by atomic mass is 9.93. The van der Waals surface area contributed by atoms with E-state index in [2.05, 4.69) is 10.1 Å². The summed E-state index contributed by atoms with van der Waals surface area (Å²) in [4.78, 5) is 18.7. The van der Waals surface area contributed by atoms with Gasteiger partial charge in [0.15, 0.2) is 5.65 Å². The highest BCUT2D eigenvalue weighted by molar-refractivity contribution is 5.81. The van der Waals surface area contributed by atoms with Crippen molar-refractivity contribution in [2.45, 2.75) is 19.3 Å². The Bertz CT molecular complexity index is 1370. The second kappa shape index (κ2) is 7.04. The van der Waals surface area contributed by atoms with Crippen LogP contribution in [0.5, 0.6) is 0 Å². The molecule has 0 unspecified atom stereocenters. The molecule has 0 atom stereocenters. The molecule has 1 aliphatic rings. The highest BCUT2D eigenvalue weighted by Crippen LogP contribution is 2.41. The van der Waals surface area contributed by atoms with Gasteiger partial charge in [0.05, 0.1) is 23.6 Å². The lowest BCUT2D eigenvalue weighted by molar-refractivity contribution is 0.152. The lowest BCUT2D eigenvalue weighted by Crippen LogP contribution is -2.25. The molecule has 4 heterocycles. The van der Waals surface area contributed by atoms with E-state index in [1.807, 2.05) is 17.0 Å². The number of imidazole rings is 1. The van der Waals surface area contributed by atoms with Crippen molar-refractivity contribution in [2.24, 2.45) is 21.1 Å². The van der Waals surface area contributed by atoms with Gasteiger partial charge < -0.3 is 4.90 Å². The molecule has 1 aliphatic heterocycles. The number of fused-ring (bicyclic) bond motifs is 2. The van der Waals surface area contributed by atoms with Gasteiger partial charge in [0, 0.05) is 50.7 Å². The lowest BCUT2D eigenvalue weighted by Gasteiger charge is -2.32. The fraction of sp³-hybridized carbons (Fsp3) is 0.318. The molecule has 0 radical (unpaired) electrons. The van der Waals surface area contributed by atoms with Gasteiger partial charge in [0.25, 0.3) is 6.43 Å². The van der Waals surface area contributed by atoms with Crippen LogP contribution in [0.3, 0.4) is 0 Å². The van der Waals surface area contributed by atoms with Crippen molar-refractivity contribution in [1.29, 1.82) is 0 Å². The smallest absolute Gasteiger partial charge is 0.329 e. The molecule has 0 aliphatic carbocycles. The number of nitrogens with zero attached hydrogens (tertiary/aromatic N) is 6. The molecule has 7 nitrogen and oxygen atoms in total. The van der Waals surface area contributed by atoms with Crippen molar-refractivity contribution >= 4 is 22.5 Å². The van der Waals surface area contributed by atoms with Crippen LogP contribution in [-0.2, 0) is 27.6 Å². The summed E-state index contributed by atoms with van der Waals surface area (Å²) in [5.41, 5.74) is 4.88. The topological polar surface area (TPSA) is 60.9 Å². The summed E-state index contributed by atoms with van der Waals surface area (Å²) >= 11 is 0. The number of alkyl halides is 2. The van der Waals surface area contributed by atoms with Crippen molar-refractivity contribution < 1.29 is 8.78 Å². The SMILES string of the molecule is Cn1cc(-c2cc3c(cc2C(F)F)N(c2cnc4c(c2)n(C)c(=O)n4C)CCC3)cn1. The normalized spacial score (nSPS) is 13.9. The second-order valence-corrected chi connectivity index (χ2v) is 7.96. The molecule has 0 saturated heterocycles. The summed E-state index contributed by atoms with van der Waals surface area (Å²) in [6.45, 7) is 0.690. The third-order valence-corrected chi connectivity index (χ3v) is 6.02. The standard InChI is InChI=1S/C22H22F2N6O/c1-27-12-14(10-26-27)16-7-13-5-4-6-30(18(13)9-17(16)20(23)24)15-8-19-21(25-11-15)29(3)22(31)28(19)2/h7-12,20H,4-6H2,1-3H3. The predicted octanol–water partition coefficient (Wildman–Crippen LogP) is 3.69. The first kappa shape index (κ1) is 19.5. The summed E-state index contributed by atoms with van der Waals surface area (Å²) in [6, 6.07) is 5.36. The van der Waals surface area contributed by atoms with E-state index in [1.165, 1.54) is 4.57 Å².